The molecule has 9 heteroatoms. The Bertz CT molecular complexity index is 854. The number of hydrogen-bond acceptors (Lipinski definition) is 5. The smallest absolute Gasteiger partial charge is 0.257 e. The van der Waals surface area contributed by atoms with Gasteiger partial charge in [0, 0.05) is 32.4 Å². The molecule has 1 aliphatic rings. The number of likely N-dealkylation sites (N-methyl/N-ethyl adjacent to an activating group) is 2. The molecule has 1 unspecified atom stereocenters. The van der Waals surface area contributed by atoms with Crippen LogP contribution < -0.4 is 4.74 Å². The molecule has 1 atom stereocenters. The number of benzene rings is 1. The number of aromatic nitrogens is 2. The Kier molecular flexibility index (Phi) is 6.48. The highest BCUT2D eigenvalue weighted by molar-refractivity contribution is 5.95. The van der Waals surface area contributed by atoms with Gasteiger partial charge in [-0.05, 0) is 38.2 Å². The summed E-state index contributed by atoms with van der Waals surface area (Å²) in [4.78, 5) is 31.0. The molecule has 2 aromatic rings. The van der Waals surface area contributed by atoms with Crippen LogP contribution in [-0.4, -0.2) is 89.6 Å². The maximum Gasteiger partial charge on any atom is 0.257 e. The van der Waals surface area contributed by atoms with Gasteiger partial charge in [0.25, 0.3) is 5.91 Å². The summed E-state index contributed by atoms with van der Waals surface area (Å²) in [7, 11) is 3.60. The Labute approximate surface area is 169 Å². The summed E-state index contributed by atoms with van der Waals surface area (Å²) < 4.78 is 18.5. The number of carbonyl (C=O) groups excluding carboxylic acids is 2. The third-order valence-corrected chi connectivity index (χ3v) is 5.17. The van der Waals surface area contributed by atoms with Gasteiger partial charge in [0.05, 0.1) is 18.3 Å². The molecule has 2 heterocycles. The van der Waals surface area contributed by atoms with Crippen molar-refractivity contribution in [3.63, 3.8) is 0 Å². The average Bonchev–Trinajstić information content (AvgIpc) is 3.14. The molecule has 156 valence electrons. The third-order valence-electron chi connectivity index (χ3n) is 5.17. The summed E-state index contributed by atoms with van der Waals surface area (Å²) in [5.74, 6) is 0.0325. The number of hydrogen-bond donors (Lipinski definition) is 1. The van der Waals surface area contributed by atoms with Crippen molar-refractivity contribution in [1.82, 2.24) is 24.9 Å². The maximum atomic E-state index is 12.9. The Morgan fingerprint density at radius 2 is 2.03 bits per heavy atom. The SMILES string of the molecule is Cc1[nH]ncc1C(=O)N1CCN(C)C(C(=O)N(C)CCOc2ccc(F)cc2)C1. The van der Waals surface area contributed by atoms with E-state index in [-0.39, 0.29) is 17.6 Å². The summed E-state index contributed by atoms with van der Waals surface area (Å²) in [6.45, 7) is 3.96. The Morgan fingerprint density at radius 3 is 2.69 bits per heavy atom. The highest BCUT2D eigenvalue weighted by Crippen LogP contribution is 2.15. The minimum atomic E-state index is -0.421. The van der Waals surface area contributed by atoms with E-state index in [1.165, 1.54) is 18.3 Å². The summed E-state index contributed by atoms with van der Waals surface area (Å²) in [5, 5.41) is 6.68. The zero-order valence-electron chi connectivity index (χ0n) is 16.9. The van der Waals surface area contributed by atoms with Crippen LogP contribution in [0.25, 0.3) is 0 Å². The van der Waals surface area contributed by atoms with Crippen molar-refractivity contribution in [3.05, 3.63) is 47.5 Å². The van der Waals surface area contributed by atoms with Crippen molar-refractivity contribution >= 4 is 11.8 Å². The van der Waals surface area contributed by atoms with E-state index in [0.717, 1.165) is 0 Å². The predicted octanol–water partition coefficient (Wildman–Crippen LogP) is 1.15. The fourth-order valence-electron chi connectivity index (χ4n) is 3.26. The van der Waals surface area contributed by atoms with Crippen LogP contribution in [0.2, 0.25) is 0 Å². The van der Waals surface area contributed by atoms with Gasteiger partial charge < -0.3 is 14.5 Å². The van der Waals surface area contributed by atoms with Crippen molar-refractivity contribution in [2.24, 2.45) is 0 Å². The highest BCUT2D eigenvalue weighted by Gasteiger charge is 2.34. The number of rotatable bonds is 6. The van der Waals surface area contributed by atoms with E-state index < -0.39 is 6.04 Å². The number of nitrogens with one attached hydrogen (secondary N) is 1. The number of piperazine rings is 1. The predicted molar refractivity (Wildman–Crippen MR) is 105 cm³/mol. The molecule has 29 heavy (non-hydrogen) atoms. The molecule has 1 aromatic heterocycles. The molecule has 0 bridgehead atoms. The first-order chi connectivity index (χ1) is 13.9. The number of aryl methyl sites for hydroxylation is 1. The quantitative estimate of drug-likeness (QED) is 0.783. The molecular formula is C20H26FN5O3. The number of nitrogens with zero attached hydrogens (tertiary/aromatic N) is 4. The lowest BCUT2D eigenvalue weighted by Crippen LogP contribution is -2.59. The van der Waals surface area contributed by atoms with E-state index in [9.17, 15) is 14.0 Å². The average molecular weight is 403 g/mol. The Morgan fingerprint density at radius 1 is 1.31 bits per heavy atom. The summed E-state index contributed by atoms with van der Waals surface area (Å²) >= 11 is 0. The first-order valence-electron chi connectivity index (χ1n) is 9.49. The second kappa shape index (κ2) is 9.04. The van der Waals surface area contributed by atoms with Crippen LogP contribution in [0.15, 0.2) is 30.5 Å². The largest absolute Gasteiger partial charge is 0.492 e. The first-order valence-corrected chi connectivity index (χ1v) is 9.49. The lowest BCUT2D eigenvalue weighted by molar-refractivity contribution is -0.137. The van der Waals surface area contributed by atoms with Crippen molar-refractivity contribution in [3.8, 4) is 5.75 Å². The monoisotopic (exact) mass is 403 g/mol. The number of ether oxygens (including phenoxy) is 1. The molecule has 1 N–H and O–H groups in total. The van der Waals surface area contributed by atoms with Crippen LogP contribution in [0.3, 0.4) is 0 Å². The zero-order valence-corrected chi connectivity index (χ0v) is 16.9. The third kappa shape index (κ3) is 4.92. The molecule has 8 nitrogen and oxygen atoms in total. The second-order valence-electron chi connectivity index (χ2n) is 7.22. The number of amides is 2. The van der Waals surface area contributed by atoms with Gasteiger partial charge in [0.1, 0.15) is 24.2 Å². The molecule has 3 rings (SSSR count). The highest BCUT2D eigenvalue weighted by atomic mass is 19.1. The molecule has 0 saturated carbocycles. The van der Waals surface area contributed by atoms with Gasteiger partial charge in [-0.2, -0.15) is 5.10 Å². The standard InChI is InChI=1S/C20H26FN5O3/c1-14-17(12-22-23-14)19(27)26-9-8-24(2)18(13-26)20(28)25(3)10-11-29-16-6-4-15(21)5-7-16/h4-7,12,18H,8-11,13H2,1-3H3,(H,22,23). The second-order valence-corrected chi connectivity index (χ2v) is 7.22. The van der Waals surface area contributed by atoms with E-state index in [1.54, 1.807) is 35.9 Å². The lowest BCUT2D eigenvalue weighted by Gasteiger charge is -2.39. The molecule has 1 aromatic carbocycles. The zero-order chi connectivity index (χ0) is 21.0. The number of H-pyrrole nitrogens is 1. The van der Waals surface area contributed by atoms with Gasteiger partial charge in [-0.1, -0.05) is 0 Å². The molecular weight excluding hydrogens is 377 g/mol. The van der Waals surface area contributed by atoms with Gasteiger partial charge in [0.2, 0.25) is 5.91 Å². The topological polar surface area (TPSA) is 81.8 Å². The van der Waals surface area contributed by atoms with Gasteiger partial charge in [-0.3, -0.25) is 19.6 Å². The minimum Gasteiger partial charge on any atom is -0.492 e. The number of aromatic amines is 1. The van der Waals surface area contributed by atoms with Crippen LogP contribution >= 0.6 is 0 Å². The molecule has 1 saturated heterocycles. The van der Waals surface area contributed by atoms with Crippen LogP contribution in [0.1, 0.15) is 16.1 Å². The Balaban J connectivity index is 1.55. The van der Waals surface area contributed by atoms with Crippen LogP contribution in [0.5, 0.6) is 5.75 Å². The van der Waals surface area contributed by atoms with Crippen LogP contribution in [0, 0.1) is 12.7 Å². The van der Waals surface area contributed by atoms with E-state index in [0.29, 0.717) is 49.8 Å². The molecule has 2 amide bonds. The number of halogens is 1. The maximum absolute atomic E-state index is 12.9. The van der Waals surface area contributed by atoms with Gasteiger partial charge >= 0.3 is 0 Å². The van der Waals surface area contributed by atoms with Crippen LogP contribution in [-0.2, 0) is 4.79 Å². The van der Waals surface area contributed by atoms with Gasteiger partial charge in [-0.25, -0.2) is 4.39 Å². The summed E-state index contributed by atoms with van der Waals surface area (Å²) in [6.07, 6.45) is 1.52. The molecule has 0 spiro atoms. The lowest BCUT2D eigenvalue weighted by atomic mass is 10.1. The van der Waals surface area contributed by atoms with Crippen molar-refractivity contribution < 1.29 is 18.7 Å². The molecule has 1 fully saturated rings. The van der Waals surface area contributed by atoms with Crippen LogP contribution in [0.4, 0.5) is 4.39 Å². The van der Waals surface area contributed by atoms with E-state index >= 15 is 0 Å². The fourth-order valence-corrected chi connectivity index (χ4v) is 3.26. The molecule has 0 radical (unpaired) electrons. The van der Waals surface area contributed by atoms with Crippen molar-refractivity contribution in [1.29, 1.82) is 0 Å². The first kappa shape index (κ1) is 20.8. The van der Waals surface area contributed by atoms with E-state index in [2.05, 4.69) is 10.2 Å². The summed E-state index contributed by atoms with van der Waals surface area (Å²) in [6, 6.07) is 5.33. The Hall–Kier alpha value is -2.94. The molecule has 1 aliphatic heterocycles. The normalized spacial score (nSPS) is 17.2. The van der Waals surface area contributed by atoms with Crippen molar-refractivity contribution in [2.45, 2.75) is 13.0 Å². The fraction of sp³-hybridized carbons (Fsp3) is 0.450. The number of carbonyl (C=O) groups is 2. The van der Waals surface area contributed by atoms with Gasteiger partial charge in [0.15, 0.2) is 0 Å². The minimum absolute atomic E-state index is 0.0726. The molecule has 0 aliphatic carbocycles. The summed E-state index contributed by atoms with van der Waals surface area (Å²) in [5.41, 5.74) is 1.24. The van der Waals surface area contributed by atoms with Crippen molar-refractivity contribution in [2.75, 3.05) is 46.9 Å². The van der Waals surface area contributed by atoms with E-state index in [4.69, 9.17) is 4.74 Å². The van der Waals surface area contributed by atoms with Gasteiger partial charge in [-0.15, -0.1) is 0 Å². The van der Waals surface area contributed by atoms with E-state index in [1.807, 2.05) is 11.9 Å².